The molecule has 0 heterocycles. The Morgan fingerprint density at radius 1 is 0.143 bits per heavy atom. The van der Waals surface area contributed by atoms with E-state index in [0.717, 1.165) is 0 Å². The maximum absolute atomic E-state index is 0. The number of hydrogen-bond donors (Lipinski definition) is 0. The van der Waals surface area contributed by atoms with Crippen LogP contribution in [0.15, 0.2) is 0 Å². The van der Waals surface area contributed by atoms with Gasteiger partial charge in [-0.1, -0.05) is 0 Å². The molecule has 0 fully saturated rings. The minimum Gasteiger partial charge on any atom is -1.00 e. The van der Waals surface area contributed by atoms with E-state index in [0.29, 0.717) is 0 Å². The molecule has 0 aromatic carbocycles. The molecule has 0 saturated heterocycles. The van der Waals surface area contributed by atoms with Crippen LogP contribution in [0.4, 0.5) is 0 Å². The Balaban J connectivity index is 0. The van der Waals surface area contributed by atoms with Crippen molar-refractivity contribution in [3.63, 3.8) is 0 Å². The predicted octanol–water partition coefficient (Wildman–Crippen LogP) is -36.0. The Hall–Kier alpha value is 5.58. The van der Waals surface area contributed by atoms with E-state index in [1.54, 1.807) is 0 Å². The second-order valence-electron chi connectivity index (χ2n) is 0. The van der Waals surface area contributed by atoms with Gasteiger partial charge in [0.15, 0.2) is 0 Å². The van der Waals surface area contributed by atoms with E-state index in [4.69, 9.17) is 0 Å². The first-order valence-corrected chi connectivity index (χ1v) is 0. The maximum Gasteiger partial charge on any atom is 0 e. The summed E-state index contributed by atoms with van der Waals surface area (Å²) in [7, 11) is 0. The Labute approximate surface area is 207 Å². The van der Waals surface area contributed by atoms with Gasteiger partial charge in [0.1, 0.15) is 0 Å². The molecule has 0 aliphatic rings. The Morgan fingerprint density at radius 3 is 0.143 bits per heavy atom. The largest absolute Gasteiger partial charge is 1.00 e. The zero-order valence-corrected chi connectivity index (χ0v) is 22.9. The van der Waals surface area contributed by atoms with Crippen molar-refractivity contribution >= 4 is 0 Å². The van der Waals surface area contributed by atoms with Gasteiger partial charge in [0.05, 0.1) is 0 Å². The molecule has 0 saturated carbocycles. The molecule has 0 spiro atoms. The molecule has 0 N–H and O–H groups in total. The fourth-order valence-corrected chi connectivity index (χ4v) is 0. The van der Waals surface area contributed by atoms with Crippen LogP contribution in [0.2, 0.25) is 0 Å². The minimum atomic E-state index is 0. The molecular weight excluding hydrogens is 901 g/mol. The summed E-state index contributed by atoms with van der Waals surface area (Å²) in [6, 6.07) is 0. The molecule has 0 unspecified atom stereocenters. The third-order valence-corrected chi connectivity index (χ3v) is 0. The van der Waals surface area contributed by atoms with E-state index in [2.05, 4.69) is 0 Å². The Bertz CT molecular complexity index is 8.28. The second kappa shape index (κ2) is 184. The third kappa shape index (κ3) is 155. The number of hydrogen-bond acceptors (Lipinski definition) is 0. The standard InChI is InChI=1S/12ClH.2U/h12*1H;;/p-12. The van der Waals surface area contributed by atoms with Crippen LogP contribution in [0.5, 0.6) is 0 Å². The molecule has 0 bridgehead atoms. The summed E-state index contributed by atoms with van der Waals surface area (Å²) in [6.45, 7) is 0. The predicted molar refractivity (Wildman–Crippen MR) is 0 cm³/mol. The van der Waals surface area contributed by atoms with Gasteiger partial charge in [0.25, 0.3) is 0 Å². The van der Waals surface area contributed by atoms with Gasteiger partial charge in [0, 0.05) is 62.2 Å². The smallest absolute Gasteiger partial charge is 0 e. The molecule has 0 aliphatic carbocycles. The number of halogens is 12. The monoisotopic (exact) mass is 896 g/mol. The molecule has 104 valence electrons. The zero-order valence-electron chi connectivity index (χ0n) is 5.54. The second-order valence-corrected chi connectivity index (χ2v) is 0. The van der Waals surface area contributed by atoms with Gasteiger partial charge in [-0.15, -0.1) is 0 Å². The summed E-state index contributed by atoms with van der Waals surface area (Å²) >= 11 is 0. The zero-order chi connectivity index (χ0) is 0. The summed E-state index contributed by atoms with van der Waals surface area (Å²) in [6.07, 6.45) is 0. The Morgan fingerprint density at radius 2 is 0.143 bits per heavy atom. The summed E-state index contributed by atoms with van der Waals surface area (Å²) < 4.78 is 0. The van der Waals surface area contributed by atoms with E-state index < -0.39 is 0 Å². The summed E-state index contributed by atoms with van der Waals surface area (Å²) in [4.78, 5) is 0. The first-order valence-electron chi connectivity index (χ1n) is 0. The van der Waals surface area contributed by atoms with E-state index in [1.807, 2.05) is 0 Å². The molecule has 0 radical (unpaired) electrons. The summed E-state index contributed by atoms with van der Waals surface area (Å²) in [5, 5.41) is 0. The molecule has 14 heavy (non-hydrogen) atoms. The molecule has 0 aromatic rings. The third-order valence-electron chi connectivity index (χ3n) is 0. The molecule has 0 aromatic heterocycles. The first kappa shape index (κ1) is 217. The van der Waals surface area contributed by atoms with Crippen molar-refractivity contribution in [3.8, 4) is 0 Å². The van der Waals surface area contributed by atoms with Crippen molar-refractivity contribution in [2.75, 3.05) is 0 Å². The topological polar surface area (TPSA) is 0 Å². The fraction of sp³-hybridized carbons (Fsp3) is 0. The van der Waals surface area contributed by atoms with E-state index in [-0.39, 0.29) is 211 Å². The van der Waals surface area contributed by atoms with Gasteiger partial charge in [-0.25, -0.2) is 0 Å². The molecule has 0 atom stereocenters. The number of rotatable bonds is 0. The average molecular weight is 901 g/mol. The van der Waals surface area contributed by atoms with Gasteiger partial charge in [-0.3, -0.25) is 0 Å². The van der Waals surface area contributed by atoms with Gasteiger partial charge in [-0.2, -0.15) is 0 Å². The first-order chi connectivity index (χ1) is 0. The van der Waals surface area contributed by atoms with Crippen LogP contribution in [-0.2, 0) is 0 Å². The molecule has 0 aliphatic heterocycles. The maximum atomic E-state index is 0. The van der Waals surface area contributed by atoms with E-state index in [1.165, 1.54) is 0 Å². The van der Waals surface area contributed by atoms with Gasteiger partial charge in [0.2, 0.25) is 0 Å². The van der Waals surface area contributed by atoms with Crippen LogP contribution in [0, 0.1) is 62.2 Å². The fourth-order valence-electron chi connectivity index (χ4n) is 0. The van der Waals surface area contributed by atoms with E-state index >= 15 is 0 Å². The van der Waals surface area contributed by atoms with Gasteiger partial charge < -0.3 is 149 Å². The molecule has 0 amide bonds. The van der Waals surface area contributed by atoms with Crippen molar-refractivity contribution in [1.82, 2.24) is 0 Å². The van der Waals surface area contributed by atoms with Gasteiger partial charge in [-0.05, 0) is 0 Å². The van der Waals surface area contributed by atoms with Crippen LogP contribution in [0.1, 0.15) is 0 Å². The van der Waals surface area contributed by atoms with Crippen LogP contribution in [0.25, 0.3) is 0 Å². The quantitative estimate of drug-likeness (QED) is 0.227. The average Bonchev–Trinajstić information content (AvgIpc) is 0. The van der Waals surface area contributed by atoms with Crippen molar-refractivity contribution in [2.24, 2.45) is 0 Å². The summed E-state index contributed by atoms with van der Waals surface area (Å²) in [5.41, 5.74) is 0. The molecule has 14 heteroatoms. The van der Waals surface area contributed by atoms with Crippen molar-refractivity contribution in [1.29, 1.82) is 0 Å². The molecule has 0 rings (SSSR count). The van der Waals surface area contributed by atoms with Gasteiger partial charge >= 0.3 is 0 Å². The van der Waals surface area contributed by atoms with Crippen LogP contribution in [-0.4, -0.2) is 0 Å². The van der Waals surface area contributed by atoms with Crippen molar-refractivity contribution in [3.05, 3.63) is 0 Å². The van der Waals surface area contributed by atoms with Crippen molar-refractivity contribution < 1.29 is 211 Å². The summed E-state index contributed by atoms with van der Waals surface area (Å²) in [5.74, 6) is 0. The van der Waals surface area contributed by atoms with Crippen LogP contribution >= 0.6 is 0 Å². The van der Waals surface area contributed by atoms with Crippen LogP contribution < -0.4 is 149 Å². The van der Waals surface area contributed by atoms with Crippen molar-refractivity contribution in [2.45, 2.75) is 0 Å². The normalized spacial score (nSPS) is 0. The molecular formula is Cl12U2-12. The van der Waals surface area contributed by atoms with Crippen LogP contribution in [0.3, 0.4) is 0 Å². The SMILES string of the molecule is [Cl-].[Cl-].[Cl-].[Cl-].[Cl-].[Cl-].[Cl-].[Cl-].[Cl-].[Cl-].[Cl-].[Cl-].[U].[U]. The molecule has 0 nitrogen and oxygen atoms in total. The van der Waals surface area contributed by atoms with E-state index in [9.17, 15) is 0 Å². The minimum absolute atomic E-state index is 0. The Kier molecular flexibility index (Phi) is 2860.